The van der Waals surface area contributed by atoms with E-state index < -0.39 is 0 Å². The van der Waals surface area contributed by atoms with Gasteiger partial charge < -0.3 is 5.73 Å². The summed E-state index contributed by atoms with van der Waals surface area (Å²) in [5.41, 5.74) is 8.02. The van der Waals surface area contributed by atoms with Gasteiger partial charge in [-0.2, -0.15) is 14.6 Å². The van der Waals surface area contributed by atoms with E-state index in [1.807, 2.05) is 23.6 Å². The molecule has 98 valence electrons. The van der Waals surface area contributed by atoms with Crippen LogP contribution < -0.4 is 5.73 Å². The highest BCUT2D eigenvalue weighted by atomic mass is 32.1. The second-order valence-corrected chi connectivity index (χ2v) is 5.53. The van der Waals surface area contributed by atoms with Crippen LogP contribution >= 0.6 is 22.9 Å². The van der Waals surface area contributed by atoms with Crippen molar-refractivity contribution in [1.82, 2.24) is 29.2 Å². The molecule has 0 saturated heterocycles. The lowest BCUT2D eigenvalue weighted by Crippen LogP contribution is -2.05. The van der Waals surface area contributed by atoms with E-state index in [2.05, 4.69) is 24.7 Å². The highest BCUT2D eigenvalue weighted by Crippen LogP contribution is 2.25. The van der Waals surface area contributed by atoms with E-state index in [0.29, 0.717) is 17.2 Å². The van der Waals surface area contributed by atoms with Gasteiger partial charge in [0.25, 0.3) is 0 Å². The molecule has 7 nitrogen and oxygen atoms in total. The summed E-state index contributed by atoms with van der Waals surface area (Å²) in [6.45, 7) is 0. The molecule has 0 aliphatic heterocycles. The minimum Gasteiger partial charge on any atom is -0.368 e. The second-order valence-electron chi connectivity index (χ2n) is 3.97. The zero-order valence-electron chi connectivity index (χ0n) is 9.96. The SMILES string of the molecule is Nc1nc(-c2csnn2)nc2cc(-c3cccs3)nn12. The number of nitrogen functional groups attached to an aromatic ring is 1. The molecule has 0 aromatic carbocycles. The maximum Gasteiger partial charge on any atom is 0.225 e. The Kier molecular flexibility index (Phi) is 2.47. The molecule has 20 heavy (non-hydrogen) atoms. The molecule has 0 fully saturated rings. The van der Waals surface area contributed by atoms with Crippen molar-refractivity contribution in [1.29, 1.82) is 0 Å². The van der Waals surface area contributed by atoms with E-state index in [1.54, 1.807) is 16.7 Å². The molecular formula is C11H7N7S2. The largest absolute Gasteiger partial charge is 0.368 e. The summed E-state index contributed by atoms with van der Waals surface area (Å²) in [7, 11) is 0. The smallest absolute Gasteiger partial charge is 0.225 e. The molecule has 0 amide bonds. The average Bonchev–Trinajstić information content (AvgIpc) is 3.19. The van der Waals surface area contributed by atoms with Gasteiger partial charge in [0.2, 0.25) is 5.95 Å². The first kappa shape index (κ1) is 11.4. The van der Waals surface area contributed by atoms with Gasteiger partial charge in [0.1, 0.15) is 11.4 Å². The monoisotopic (exact) mass is 301 g/mol. The number of nitrogens with zero attached hydrogens (tertiary/aromatic N) is 6. The maximum absolute atomic E-state index is 5.94. The summed E-state index contributed by atoms with van der Waals surface area (Å²) in [6, 6.07) is 5.86. The van der Waals surface area contributed by atoms with Crippen LogP contribution in [0.1, 0.15) is 0 Å². The Morgan fingerprint density at radius 3 is 2.90 bits per heavy atom. The molecule has 0 spiro atoms. The van der Waals surface area contributed by atoms with Crippen molar-refractivity contribution in [2.45, 2.75) is 0 Å². The summed E-state index contributed by atoms with van der Waals surface area (Å²) >= 11 is 2.86. The fraction of sp³-hybridized carbons (Fsp3) is 0. The summed E-state index contributed by atoms with van der Waals surface area (Å²) in [5, 5.41) is 12.2. The number of thiophene rings is 1. The Labute approximate surface area is 120 Å². The number of aromatic nitrogens is 6. The van der Waals surface area contributed by atoms with Crippen molar-refractivity contribution in [3.05, 3.63) is 29.0 Å². The molecule has 0 unspecified atom stereocenters. The number of hydrogen-bond donors (Lipinski definition) is 1. The predicted molar refractivity (Wildman–Crippen MR) is 77.4 cm³/mol. The maximum atomic E-state index is 5.94. The van der Waals surface area contributed by atoms with Gasteiger partial charge in [0.15, 0.2) is 11.5 Å². The van der Waals surface area contributed by atoms with Gasteiger partial charge in [-0.25, -0.2) is 4.98 Å². The Balaban J connectivity index is 1.92. The molecule has 4 aromatic rings. The van der Waals surface area contributed by atoms with E-state index in [9.17, 15) is 0 Å². The van der Waals surface area contributed by atoms with Gasteiger partial charge in [-0.05, 0) is 23.0 Å². The topological polar surface area (TPSA) is 94.9 Å². The lowest BCUT2D eigenvalue weighted by molar-refractivity contribution is 0.913. The highest BCUT2D eigenvalue weighted by Gasteiger charge is 2.13. The number of fused-ring (bicyclic) bond motifs is 1. The number of anilines is 1. The molecule has 4 rings (SSSR count). The number of hydrogen-bond acceptors (Lipinski definition) is 8. The molecule has 0 atom stereocenters. The molecular weight excluding hydrogens is 294 g/mol. The van der Waals surface area contributed by atoms with Gasteiger partial charge in [0, 0.05) is 11.4 Å². The van der Waals surface area contributed by atoms with Crippen LogP contribution in [0.4, 0.5) is 5.95 Å². The predicted octanol–water partition coefficient (Wildman–Crippen LogP) is 1.95. The summed E-state index contributed by atoms with van der Waals surface area (Å²) in [4.78, 5) is 9.70. The average molecular weight is 301 g/mol. The quantitative estimate of drug-likeness (QED) is 0.608. The van der Waals surface area contributed by atoms with E-state index in [1.165, 1.54) is 16.0 Å². The van der Waals surface area contributed by atoms with E-state index >= 15 is 0 Å². The van der Waals surface area contributed by atoms with Crippen LogP contribution in [0.5, 0.6) is 0 Å². The van der Waals surface area contributed by atoms with Crippen molar-refractivity contribution in [3.8, 4) is 22.1 Å². The van der Waals surface area contributed by atoms with Gasteiger partial charge in [-0.1, -0.05) is 10.6 Å². The van der Waals surface area contributed by atoms with Crippen LogP contribution in [-0.4, -0.2) is 29.2 Å². The highest BCUT2D eigenvalue weighted by molar-refractivity contribution is 7.13. The first-order valence-electron chi connectivity index (χ1n) is 5.66. The third-order valence-corrected chi connectivity index (χ3v) is 4.11. The van der Waals surface area contributed by atoms with E-state index in [4.69, 9.17) is 5.73 Å². The molecule has 4 heterocycles. The normalized spacial score (nSPS) is 11.2. The molecule has 0 aliphatic carbocycles. The van der Waals surface area contributed by atoms with Gasteiger partial charge in [0.05, 0.1) is 4.88 Å². The Morgan fingerprint density at radius 1 is 1.20 bits per heavy atom. The molecule has 0 radical (unpaired) electrons. The van der Waals surface area contributed by atoms with Gasteiger partial charge >= 0.3 is 0 Å². The van der Waals surface area contributed by atoms with Crippen LogP contribution in [0.3, 0.4) is 0 Å². The summed E-state index contributed by atoms with van der Waals surface area (Å²) in [5.74, 6) is 0.738. The van der Waals surface area contributed by atoms with Crippen LogP contribution in [0.25, 0.3) is 27.7 Å². The van der Waals surface area contributed by atoms with Crippen molar-refractivity contribution >= 4 is 34.5 Å². The first-order chi connectivity index (χ1) is 9.81. The Bertz CT molecular complexity index is 864. The van der Waals surface area contributed by atoms with Crippen molar-refractivity contribution in [2.75, 3.05) is 5.73 Å². The molecule has 4 aromatic heterocycles. The van der Waals surface area contributed by atoms with Crippen LogP contribution in [-0.2, 0) is 0 Å². The third kappa shape index (κ3) is 1.75. The zero-order valence-corrected chi connectivity index (χ0v) is 11.6. The van der Waals surface area contributed by atoms with Crippen molar-refractivity contribution < 1.29 is 0 Å². The summed E-state index contributed by atoms with van der Waals surface area (Å²) < 4.78 is 5.33. The van der Waals surface area contributed by atoms with E-state index in [0.717, 1.165) is 10.6 Å². The van der Waals surface area contributed by atoms with Crippen molar-refractivity contribution in [3.63, 3.8) is 0 Å². The molecule has 2 N–H and O–H groups in total. The Hall–Kier alpha value is -2.39. The fourth-order valence-corrected chi connectivity index (χ4v) is 2.95. The molecule has 0 aliphatic rings. The lowest BCUT2D eigenvalue weighted by Gasteiger charge is -1.99. The Morgan fingerprint density at radius 2 is 2.15 bits per heavy atom. The lowest BCUT2D eigenvalue weighted by atomic mass is 10.3. The van der Waals surface area contributed by atoms with Crippen LogP contribution in [0.15, 0.2) is 29.0 Å². The standard InChI is InChI=1S/C11H7N7S2/c12-11-14-10(7-5-20-17-15-7)13-9-4-6(16-18(9)11)8-2-1-3-19-8/h1-5H,(H2,12,13,14). The molecule has 0 bridgehead atoms. The second kappa shape index (κ2) is 4.32. The number of nitrogens with two attached hydrogens (primary N) is 1. The third-order valence-electron chi connectivity index (χ3n) is 2.71. The van der Waals surface area contributed by atoms with Crippen LogP contribution in [0, 0.1) is 0 Å². The summed E-state index contributed by atoms with van der Waals surface area (Å²) in [6.07, 6.45) is 0. The molecule has 9 heteroatoms. The van der Waals surface area contributed by atoms with Gasteiger partial charge in [-0.15, -0.1) is 16.4 Å². The fourth-order valence-electron chi connectivity index (χ4n) is 1.83. The number of rotatable bonds is 2. The first-order valence-corrected chi connectivity index (χ1v) is 7.37. The van der Waals surface area contributed by atoms with Crippen LogP contribution in [0.2, 0.25) is 0 Å². The minimum atomic E-state index is 0.279. The van der Waals surface area contributed by atoms with E-state index in [-0.39, 0.29) is 5.95 Å². The zero-order chi connectivity index (χ0) is 13.5. The van der Waals surface area contributed by atoms with Crippen molar-refractivity contribution in [2.24, 2.45) is 0 Å². The minimum absolute atomic E-state index is 0.279. The molecule has 0 saturated carbocycles. The van der Waals surface area contributed by atoms with Gasteiger partial charge in [-0.3, -0.25) is 0 Å².